The van der Waals surface area contributed by atoms with Crippen LogP contribution in [0.2, 0.25) is 0 Å². The number of pyridine rings is 1. The van der Waals surface area contributed by atoms with E-state index in [0.717, 1.165) is 27.9 Å². The van der Waals surface area contributed by atoms with Gasteiger partial charge in [0.05, 0.1) is 6.54 Å². The van der Waals surface area contributed by atoms with Crippen LogP contribution in [0.5, 0.6) is 5.75 Å². The first-order valence-electron chi connectivity index (χ1n) is 10.1. The van der Waals surface area contributed by atoms with Gasteiger partial charge >= 0.3 is 0 Å². The molecule has 2 aromatic heterocycles. The molecule has 7 heteroatoms. The molecule has 1 aliphatic heterocycles. The molecule has 1 amide bonds. The van der Waals surface area contributed by atoms with Crippen LogP contribution in [0.3, 0.4) is 0 Å². The standard InChI is InChI=1S/C24H26N4O3/c1-15-17-8-6-7-9-18(17)30-20(15)14-28(5)21(29)11-10-16-12-19-22(26-13-16)27-23(25-4)24(2,3)31-19/h6-13H,14H2,1-5H3,(H,25,26,27)/b11-10+. The molecule has 3 heterocycles. The maximum atomic E-state index is 12.6. The van der Waals surface area contributed by atoms with Crippen molar-refractivity contribution in [1.29, 1.82) is 0 Å². The van der Waals surface area contributed by atoms with E-state index in [1.54, 1.807) is 31.3 Å². The summed E-state index contributed by atoms with van der Waals surface area (Å²) >= 11 is 0. The lowest BCUT2D eigenvalue weighted by Crippen LogP contribution is -2.46. The molecular formula is C24H26N4O3. The lowest BCUT2D eigenvalue weighted by atomic mass is 10.1. The number of rotatable bonds is 4. The van der Waals surface area contributed by atoms with E-state index in [9.17, 15) is 4.79 Å². The molecular weight excluding hydrogens is 392 g/mol. The third-order valence-electron chi connectivity index (χ3n) is 5.39. The summed E-state index contributed by atoms with van der Waals surface area (Å²) in [5.41, 5.74) is 2.08. The number of furan rings is 1. The van der Waals surface area contributed by atoms with Gasteiger partial charge in [0.15, 0.2) is 17.2 Å². The summed E-state index contributed by atoms with van der Waals surface area (Å²) in [5, 5.41) is 4.27. The number of aliphatic imine (C=N–C) groups is 1. The molecule has 0 fully saturated rings. The van der Waals surface area contributed by atoms with E-state index in [1.165, 1.54) is 6.08 Å². The molecule has 3 aromatic rings. The largest absolute Gasteiger partial charge is 0.476 e. The number of carbonyl (C=O) groups is 1. The molecule has 0 saturated carbocycles. The highest BCUT2D eigenvalue weighted by Gasteiger charge is 2.33. The van der Waals surface area contributed by atoms with Crippen molar-refractivity contribution in [1.82, 2.24) is 9.88 Å². The predicted octanol–water partition coefficient (Wildman–Crippen LogP) is 4.42. The van der Waals surface area contributed by atoms with Crippen LogP contribution in [0.15, 0.2) is 52.0 Å². The molecule has 0 radical (unpaired) electrons. The number of ether oxygens (including phenoxy) is 1. The van der Waals surface area contributed by atoms with Crippen LogP contribution in [-0.4, -0.2) is 41.3 Å². The van der Waals surface area contributed by atoms with Crippen LogP contribution in [0.4, 0.5) is 5.82 Å². The molecule has 0 atom stereocenters. The Morgan fingerprint density at radius 3 is 2.84 bits per heavy atom. The van der Waals surface area contributed by atoms with Crippen molar-refractivity contribution in [3.63, 3.8) is 0 Å². The number of nitrogens with zero attached hydrogens (tertiary/aromatic N) is 3. The van der Waals surface area contributed by atoms with Crippen molar-refractivity contribution in [2.75, 3.05) is 19.4 Å². The molecule has 0 saturated heterocycles. The van der Waals surface area contributed by atoms with Crippen LogP contribution in [0.1, 0.15) is 30.7 Å². The number of aromatic nitrogens is 1. The Balaban J connectivity index is 1.47. The van der Waals surface area contributed by atoms with Crippen molar-refractivity contribution in [3.05, 3.63) is 59.5 Å². The minimum atomic E-state index is -0.577. The summed E-state index contributed by atoms with van der Waals surface area (Å²) in [6.45, 7) is 6.28. The molecule has 160 valence electrons. The molecule has 7 nitrogen and oxygen atoms in total. The zero-order valence-corrected chi connectivity index (χ0v) is 18.4. The van der Waals surface area contributed by atoms with Crippen molar-refractivity contribution in [2.45, 2.75) is 32.9 Å². The number of carbonyl (C=O) groups excluding carboxylic acids is 1. The minimum Gasteiger partial charge on any atom is -0.476 e. The monoisotopic (exact) mass is 418 g/mol. The van der Waals surface area contributed by atoms with Gasteiger partial charge in [-0.25, -0.2) is 4.98 Å². The number of amides is 1. The van der Waals surface area contributed by atoms with E-state index in [0.29, 0.717) is 23.9 Å². The Kier molecular flexibility index (Phi) is 5.27. The van der Waals surface area contributed by atoms with Crippen LogP contribution in [0, 0.1) is 6.92 Å². The number of anilines is 1. The summed E-state index contributed by atoms with van der Waals surface area (Å²) < 4.78 is 12.0. The number of hydrogen-bond donors (Lipinski definition) is 1. The van der Waals surface area contributed by atoms with Crippen LogP contribution >= 0.6 is 0 Å². The third-order valence-corrected chi connectivity index (χ3v) is 5.39. The maximum absolute atomic E-state index is 12.6. The van der Waals surface area contributed by atoms with E-state index >= 15 is 0 Å². The zero-order valence-electron chi connectivity index (χ0n) is 18.4. The van der Waals surface area contributed by atoms with E-state index in [1.807, 2.05) is 51.1 Å². The molecule has 4 rings (SSSR count). The van der Waals surface area contributed by atoms with Gasteiger partial charge < -0.3 is 19.4 Å². The van der Waals surface area contributed by atoms with Crippen molar-refractivity contribution in [3.8, 4) is 5.75 Å². The summed E-state index contributed by atoms with van der Waals surface area (Å²) in [7, 11) is 3.47. The number of benzene rings is 1. The maximum Gasteiger partial charge on any atom is 0.246 e. The third kappa shape index (κ3) is 4.03. The molecule has 0 spiro atoms. The van der Waals surface area contributed by atoms with E-state index in [2.05, 4.69) is 15.3 Å². The van der Waals surface area contributed by atoms with Crippen LogP contribution in [0.25, 0.3) is 17.0 Å². The van der Waals surface area contributed by atoms with Gasteiger partial charge in [0, 0.05) is 37.3 Å². The van der Waals surface area contributed by atoms with E-state index < -0.39 is 5.60 Å². The molecule has 1 aromatic carbocycles. The minimum absolute atomic E-state index is 0.127. The molecule has 31 heavy (non-hydrogen) atoms. The molecule has 0 unspecified atom stereocenters. The lowest BCUT2D eigenvalue weighted by molar-refractivity contribution is -0.125. The number of hydrogen-bond acceptors (Lipinski definition) is 5. The first kappa shape index (κ1) is 20.7. The first-order chi connectivity index (χ1) is 14.8. The highest BCUT2D eigenvalue weighted by Crippen LogP contribution is 2.33. The topological polar surface area (TPSA) is 80.0 Å². The Labute approximate surface area is 181 Å². The number of amidine groups is 1. The predicted molar refractivity (Wildman–Crippen MR) is 122 cm³/mol. The van der Waals surface area contributed by atoms with Gasteiger partial charge in [0.2, 0.25) is 5.91 Å². The number of aryl methyl sites for hydroxylation is 1. The fraction of sp³-hybridized carbons (Fsp3) is 0.292. The molecule has 0 bridgehead atoms. The van der Waals surface area contributed by atoms with Crippen LogP contribution < -0.4 is 10.1 Å². The second kappa shape index (κ2) is 7.91. The summed E-state index contributed by atoms with van der Waals surface area (Å²) in [5.74, 6) is 2.61. The number of nitrogens with one attached hydrogen (secondary N) is 1. The number of para-hydroxylation sites is 1. The fourth-order valence-corrected chi connectivity index (χ4v) is 3.60. The summed E-state index contributed by atoms with van der Waals surface area (Å²) in [6, 6.07) is 9.74. The Morgan fingerprint density at radius 2 is 2.10 bits per heavy atom. The smallest absolute Gasteiger partial charge is 0.246 e. The zero-order chi connectivity index (χ0) is 22.2. The Morgan fingerprint density at radius 1 is 1.32 bits per heavy atom. The van der Waals surface area contributed by atoms with Gasteiger partial charge in [-0.1, -0.05) is 18.2 Å². The first-order valence-corrected chi connectivity index (χ1v) is 10.1. The second-order valence-corrected chi connectivity index (χ2v) is 8.10. The molecule has 0 aliphatic carbocycles. The van der Waals surface area contributed by atoms with Crippen LogP contribution in [-0.2, 0) is 11.3 Å². The number of likely N-dealkylation sites (N-methyl/N-ethyl adjacent to an activating group) is 1. The van der Waals surface area contributed by atoms with Gasteiger partial charge in [-0.05, 0) is 44.5 Å². The van der Waals surface area contributed by atoms with Gasteiger partial charge in [0.1, 0.15) is 17.2 Å². The number of fused-ring (bicyclic) bond motifs is 2. The van der Waals surface area contributed by atoms with E-state index in [4.69, 9.17) is 9.15 Å². The average molecular weight is 418 g/mol. The van der Waals surface area contributed by atoms with Gasteiger partial charge in [-0.15, -0.1) is 0 Å². The summed E-state index contributed by atoms with van der Waals surface area (Å²) in [4.78, 5) is 22.9. The molecule has 1 aliphatic rings. The van der Waals surface area contributed by atoms with Gasteiger partial charge in [-0.3, -0.25) is 9.79 Å². The van der Waals surface area contributed by atoms with E-state index in [-0.39, 0.29) is 5.91 Å². The quantitative estimate of drug-likeness (QED) is 0.635. The Hall–Kier alpha value is -3.61. The average Bonchev–Trinajstić information content (AvgIpc) is 3.06. The molecule has 1 N–H and O–H groups in total. The Bertz CT molecular complexity index is 1210. The second-order valence-electron chi connectivity index (χ2n) is 8.10. The highest BCUT2D eigenvalue weighted by molar-refractivity contribution is 6.03. The van der Waals surface area contributed by atoms with Crippen molar-refractivity contribution < 1.29 is 13.9 Å². The van der Waals surface area contributed by atoms with Gasteiger partial charge in [-0.2, -0.15) is 0 Å². The normalized spacial score (nSPS) is 16.2. The SMILES string of the molecule is C/N=C1/Nc2ncc(/C=C/C(=O)N(C)Cc3oc4ccccc4c3C)cc2OC1(C)C. The highest BCUT2D eigenvalue weighted by atomic mass is 16.5. The lowest BCUT2D eigenvalue weighted by Gasteiger charge is -2.33. The van der Waals surface area contributed by atoms with Crippen molar-refractivity contribution in [2.24, 2.45) is 4.99 Å². The fourth-order valence-electron chi connectivity index (χ4n) is 3.60. The summed E-state index contributed by atoms with van der Waals surface area (Å²) in [6.07, 6.45) is 4.95. The van der Waals surface area contributed by atoms with Crippen molar-refractivity contribution >= 4 is 34.6 Å². The van der Waals surface area contributed by atoms with Gasteiger partial charge in [0.25, 0.3) is 0 Å².